The van der Waals surface area contributed by atoms with Crippen LogP contribution < -0.4 is 10.5 Å². The van der Waals surface area contributed by atoms with Crippen molar-refractivity contribution in [3.05, 3.63) is 54.1 Å². The van der Waals surface area contributed by atoms with Gasteiger partial charge >= 0.3 is 0 Å². The average Bonchev–Trinajstić information content (AvgIpc) is 2.45. The van der Waals surface area contributed by atoms with Crippen molar-refractivity contribution in [1.29, 1.82) is 0 Å². The number of rotatable bonds is 5. The molecule has 0 aliphatic rings. The second-order valence-electron chi connectivity index (χ2n) is 3.97. The topological polar surface area (TPSA) is 61.0 Å². The minimum absolute atomic E-state index is 0.362. The molecule has 0 aliphatic carbocycles. The van der Waals surface area contributed by atoms with Gasteiger partial charge in [-0.05, 0) is 18.6 Å². The molecule has 2 rings (SSSR count). The van der Waals surface area contributed by atoms with Gasteiger partial charge in [0.15, 0.2) is 0 Å². The summed E-state index contributed by atoms with van der Waals surface area (Å²) in [5, 5.41) is 0. The van der Waals surface area contributed by atoms with E-state index in [-0.39, 0.29) is 6.04 Å². The molecule has 1 atom stereocenters. The van der Waals surface area contributed by atoms with Gasteiger partial charge in [-0.25, -0.2) is 9.97 Å². The normalized spacial score (nSPS) is 12.1. The summed E-state index contributed by atoms with van der Waals surface area (Å²) in [7, 11) is 0. The summed E-state index contributed by atoms with van der Waals surface area (Å²) < 4.78 is 5.69. The summed E-state index contributed by atoms with van der Waals surface area (Å²) in [6, 6.07) is 9.17. The molecule has 0 saturated heterocycles. The zero-order valence-electron chi connectivity index (χ0n) is 10.4. The summed E-state index contributed by atoms with van der Waals surface area (Å²) >= 11 is 0. The smallest absolute Gasteiger partial charge is 0.149 e. The van der Waals surface area contributed by atoms with Crippen LogP contribution in [0.15, 0.2) is 42.7 Å². The quantitative estimate of drug-likeness (QED) is 0.875. The fraction of sp³-hybridized carbons (Fsp3) is 0.286. The van der Waals surface area contributed by atoms with Gasteiger partial charge in [0.2, 0.25) is 0 Å². The Morgan fingerprint density at radius 1 is 1.17 bits per heavy atom. The predicted octanol–water partition coefficient (Wildman–Crippen LogP) is 2.31. The molecule has 4 heteroatoms. The molecule has 1 aromatic carbocycles. The molecule has 2 N–H and O–H groups in total. The van der Waals surface area contributed by atoms with Crippen molar-refractivity contribution in [2.45, 2.75) is 19.4 Å². The van der Waals surface area contributed by atoms with Crippen LogP contribution in [0.25, 0.3) is 0 Å². The van der Waals surface area contributed by atoms with E-state index >= 15 is 0 Å². The summed E-state index contributed by atoms with van der Waals surface area (Å²) in [6.07, 6.45) is 4.35. The largest absolute Gasteiger partial charge is 0.493 e. The zero-order chi connectivity index (χ0) is 12.8. The molecular formula is C14H17N3O. The van der Waals surface area contributed by atoms with Crippen molar-refractivity contribution in [3.8, 4) is 5.75 Å². The third kappa shape index (κ3) is 2.84. The molecule has 0 bridgehead atoms. The molecule has 1 unspecified atom stereocenters. The Bertz CT molecular complexity index is 487. The number of nitrogens with two attached hydrogens (primary N) is 1. The Balaban J connectivity index is 2.27. The molecule has 4 nitrogen and oxygen atoms in total. The van der Waals surface area contributed by atoms with E-state index in [1.807, 2.05) is 24.3 Å². The van der Waals surface area contributed by atoms with Crippen LogP contribution in [0.5, 0.6) is 5.75 Å². The molecule has 1 heterocycles. The number of aromatic nitrogens is 2. The predicted molar refractivity (Wildman–Crippen MR) is 70.3 cm³/mol. The lowest BCUT2D eigenvalue weighted by atomic mass is 10.1. The maximum Gasteiger partial charge on any atom is 0.149 e. The average molecular weight is 243 g/mol. The lowest BCUT2D eigenvalue weighted by molar-refractivity contribution is 0.313. The fourth-order valence-electron chi connectivity index (χ4n) is 1.69. The van der Waals surface area contributed by atoms with E-state index in [0.29, 0.717) is 12.4 Å². The summed E-state index contributed by atoms with van der Waals surface area (Å²) in [6.45, 7) is 2.75. The van der Waals surface area contributed by atoms with Crippen LogP contribution in [0.4, 0.5) is 0 Å². The van der Waals surface area contributed by atoms with Gasteiger partial charge in [-0.1, -0.05) is 25.1 Å². The number of nitrogens with zero attached hydrogens (tertiary/aromatic N) is 2. The van der Waals surface area contributed by atoms with Crippen molar-refractivity contribution in [1.82, 2.24) is 9.97 Å². The van der Waals surface area contributed by atoms with Gasteiger partial charge < -0.3 is 10.5 Å². The highest BCUT2D eigenvalue weighted by atomic mass is 16.5. The third-order valence-corrected chi connectivity index (χ3v) is 2.58. The van der Waals surface area contributed by atoms with Crippen LogP contribution >= 0.6 is 0 Å². The van der Waals surface area contributed by atoms with E-state index in [9.17, 15) is 0 Å². The maximum absolute atomic E-state index is 6.18. The lowest BCUT2D eigenvalue weighted by Crippen LogP contribution is -2.16. The molecule has 0 radical (unpaired) electrons. The Morgan fingerprint density at radius 2 is 1.89 bits per heavy atom. The molecule has 2 aromatic rings. The first kappa shape index (κ1) is 12.5. The summed E-state index contributed by atoms with van der Waals surface area (Å²) in [4.78, 5) is 8.37. The van der Waals surface area contributed by atoms with Crippen molar-refractivity contribution in [3.63, 3.8) is 0 Å². The van der Waals surface area contributed by atoms with Crippen molar-refractivity contribution < 1.29 is 4.74 Å². The molecule has 0 fully saturated rings. The Labute approximate surface area is 107 Å². The molecule has 94 valence electrons. The number of ether oxygens (including phenoxy) is 1. The van der Waals surface area contributed by atoms with E-state index in [0.717, 1.165) is 17.7 Å². The van der Waals surface area contributed by atoms with Crippen LogP contribution in [-0.4, -0.2) is 16.6 Å². The van der Waals surface area contributed by atoms with Gasteiger partial charge in [-0.3, -0.25) is 0 Å². The van der Waals surface area contributed by atoms with E-state index in [2.05, 4.69) is 16.9 Å². The molecule has 0 aliphatic heterocycles. The molecule has 0 amide bonds. The molecule has 0 saturated carbocycles. The minimum Gasteiger partial charge on any atom is -0.493 e. The Hall–Kier alpha value is -1.94. The van der Waals surface area contributed by atoms with Gasteiger partial charge in [0, 0.05) is 18.0 Å². The second-order valence-corrected chi connectivity index (χ2v) is 3.97. The van der Waals surface area contributed by atoms with Gasteiger partial charge in [0.05, 0.1) is 12.6 Å². The van der Waals surface area contributed by atoms with Crippen molar-refractivity contribution in [2.75, 3.05) is 6.61 Å². The van der Waals surface area contributed by atoms with Crippen LogP contribution in [0.1, 0.15) is 30.8 Å². The van der Waals surface area contributed by atoms with Crippen LogP contribution in [0.3, 0.4) is 0 Å². The van der Waals surface area contributed by atoms with Crippen LogP contribution in [0.2, 0.25) is 0 Å². The highest BCUT2D eigenvalue weighted by Gasteiger charge is 2.15. The number of para-hydroxylation sites is 1. The summed E-state index contributed by atoms with van der Waals surface area (Å²) in [5.41, 5.74) is 7.10. The van der Waals surface area contributed by atoms with E-state index in [1.54, 1.807) is 18.5 Å². The number of hydrogen-bond acceptors (Lipinski definition) is 4. The van der Waals surface area contributed by atoms with Gasteiger partial charge in [-0.2, -0.15) is 0 Å². The highest BCUT2D eigenvalue weighted by Crippen LogP contribution is 2.26. The first-order valence-electron chi connectivity index (χ1n) is 6.07. The zero-order valence-corrected chi connectivity index (χ0v) is 10.4. The summed E-state index contributed by atoms with van der Waals surface area (Å²) in [5.74, 6) is 1.41. The number of hydrogen-bond donors (Lipinski definition) is 1. The Kier molecular flexibility index (Phi) is 4.25. The van der Waals surface area contributed by atoms with E-state index in [1.165, 1.54) is 0 Å². The van der Waals surface area contributed by atoms with Crippen molar-refractivity contribution in [2.24, 2.45) is 5.73 Å². The van der Waals surface area contributed by atoms with Gasteiger partial charge in [0.25, 0.3) is 0 Å². The fourth-order valence-corrected chi connectivity index (χ4v) is 1.69. The molecular weight excluding hydrogens is 226 g/mol. The van der Waals surface area contributed by atoms with Gasteiger partial charge in [0.1, 0.15) is 11.6 Å². The first-order valence-corrected chi connectivity index (χ1v) is 6.07. The van der Waals surface area contributed by atoms with Crippen LogP contribution in [0, 0.1) is 0 Å². The maximum atomic E-state index is 6.18. The molecule has 18 heavy (non-hydrogen) atoms. The van der Waals surface area contributed by atoms with E-state index in [4.69, 9.17) is 10.5 Å². The number of benzene rings is 1. The van der Waals surface area contributed by atoms with Crippen molar-refractivity contribution >= 4 is 0 Å². The van der Waals surface area contributed by atoms with Crippen LogP contribution in [-0.2, 0) is 0 Å². The molecule has 0 spiro atoms. The monoisotopic (exact) mass is 243 g/mol. The third-order valence-electron chi connectivity index (χ3n) is 2.58. The first-order chi connectivity index (χ1) is 8.83. The van der Waals surface area contributed by atoms with Gasteiger partial charge in [-0.15, -0.1) is 0 Å². The minimum atomic E-state index is -0.362. The standard InChI is InChI=1S/C14H17N3O/c1-2-10-18-12-7-4-3-6-11(12)13(15)14-16-8-5-9-17-14/h3-9,13H,2,10,15H2,1H3. The lowest BCUT2D eigenvalue weighted by Gasteiger charge is -2.15. The SMILES string of the molecule is CCCOc1ccccc1C(N)c1ncccn1. The Morgan fingerprint density at radius 3 is 2.61 bits per heavy atom. The van der Waals surface area contributed by atoms with E-state index < -0.39 is 0 Å². The molecule has 1 aromatic heterocycles. The second kappa shape index (κ2) is 6.12. The highest BCUT2D eigenvalue weighted by molar-refractivity contribution is 5.38.